The zero-order valence-electron chi connectivity index (χ0n) is 15.6. The molecule has 1 aliphatic heterocycles. The molecule has 26 heavy (non-hydrogen) atoms. The zero-order chi connectivity index (χ0) is 18.6. The van der Waals surface area contributed by atoms with Gasteiger partial charge in [-0.15, -0.1) is 0 Å². The maximum absolute atomic E-state index is 12.7. The smallest absolute Gasteiger partial charge is 0.317 e. The summed E-state index contributed by atoms with van der Waals surface area (Å²) in [5.74, 6) is 0.725. The number of likely N-dealkylation sites (tertiary alicyclic amines) is 1. The van der Waals surface area contributed by atoms with Crippen LogP contribution in [0.15, 0.2) is 24.3 Å². The van der Waals surface area contributed by atoms with E-state index in [1.54, 1.807) is 0 Å². The molecule has 2 aliphatic rings. The molecule has 1 aromatic rings. The van der Waals surface area contributed by atoms with E-state index in [-0.39, 0.29) is 11.8 Å². The molecule has 1 aliphatic carbocycles. The van der Waals surface area contributed by atoms with Crippen LogP contribution in [-0.4, -0.2) is 38.2 Å². The van der Waals surface area contributed by atoms with Crippen molar-refractivity contribution in [3.8, 4) is 0 Å². The first-order valence-corrected chi connectivity index (χ1v) is 11.8. The third-order valence-corrected chi connectivity index (χ3v) is 6.51. The molecule has 0 radical (unpaired) electrons. The highest BCUT2D eigenvalue weighted by molar-refractivity contribution is 7.89. The quantitative estimate of drug-likeness (QED) is 0.853. The number of sulfone groups is 1. The topological polar surface area (TPSA) is 66.5 Å². The van der Waals surface area contributed by atoms with Gasteiger partial charge in [0.25, 0.3) is 0 Å². The lowest BCUT2D eigenvalue weighted by atomic mass is 9.83. The van der Waals surface area contributed by atoms with Crippen LogP contribution in [0, 0.1) is 5.92 Å². The summed E-state index contributed by atoms with van der Waals surface area (Å²) < 4.78 is 22.7. The SMILES string of the molecule is CS(=O)(=O)Cc1ccc(CNC(=O)N2CCCC2C2CCCCC2)cc1. The Morgan fingerprint density at radius 1 is 1.04 bits per heavy atom. The molecule has 1 saturated carbocycles. The Bertz CT molecular complexity index is 709. The Hall–Kier alpha value is -1.56. The summed E-state index contributed by atoms with van der Waals surface area (Å²) in [4.78, 5) is 14.7. The van der Waals surface area contributed by atoms with Gasteiger partial charge in [0.15, 0.2) is 9.84 Å². The lowest BCUT2D eigenvalue weighted by Crippen LogP contribution is -2.45. The molecule has 0 bridgehead atoms. The number of amides is 2. The Morgan fingerprint density at radius 3 is 2.35 bits per heavy atom. The molecule has 6 heteroatoms. The van der Waals surface area contributed by atoms with Gasteiger partial charge in [-0.25, -0.2) is 13.2 Å². The second kappa shape index (κ2) is 8.42. The molecule has 2 amide bonds. The van der Waals surface area contributed by atoms with Crippen molar-refractivity contribution in [1.29, 1.82) is 0 Å². The second-order valence-electron chi connectivity index (χ2n) is 7.85. The van der Waals surface area contributed by atoms with Crippen LogP contribution in [0.25, 0.3) is 0 Å². The van der Waals surface area contributed by atoms with E-state index in [1.807, 2.05) is 29.2 Å². The second-order valence-corrected chi connectivity index (χ2v) is 9.99. The maximum atomic E-state index is 12.7. The van der Waals surface area contributed by atoms with Crippen molar-refractivity contribution in [2.24, 2.45) is 5.92 Å². The predicted octanol–water partition coefficient (Wildman–Crippen LogP) is 3.49. The van der Waals surface area contributed by atoms with Gasteiger partial charge in [0.1, 0.15) is 0 Å². The summed E-state index contributed by atoms with van der Waals surface area (Å²) in [6, 6.07) is 7.88. The van der Waals surface area contributed by atoms with E-state index >= 15 is 0 Å². The first-order valence-electron chi connectivity index (χ1n) is 9.72. The normalized spacial score (nSPS) is 21.7. The minimum atomic E-state index is -3.02. The molecule has 1 unspecified atom stereocenters. The third kappa shape index (κ3) is 5.22. The summed E-state index contributed by atoms with van der Waals surface area (Å²) in [6.45, 7) is 1.34. The van der Waals surface area contributed by atoms with Crippen LogP contribution < -0.4 is 5.32 Å². The van der Waals surface area contributed by atoms with Crippen LogP contribution in [0.1, 0.15) is 56.1 Å². The molecule has 0 aromatic heterocycles. The van der Waals surface area contributed by atoms with Crippen LogP contribution in [0.5, 0.6) is 0 Å². The minimum Gasteiger partial charge on any atom is -0.334 e. The first-order chi connectivity index (χ1) is 12.4. The highest BCUT2D eigenvalue weighted by Gasteiger charge is 2.34. The fourth-order valence-electron chi connectivity index (χ4n) is 4.39. The van der Waals surface area contributed by atoms with Gasteiger partial charge in [-0.2, -0.15) is 0 Å². The Balaban J connectivity index is 1.53. The minimum absolute atomic E-state index is 0.0401. The van der Waals surface area contributed by atoms with Gasteiger partial charge in [0.2, 0.25) is 0 Å². The van der Waals surface area contributed by atoms with Gasteiger partial charge in [-0.05, 0) is 42.7 Å². The number of hydrogen-bond acceptors (Lipinski definition) is 3. The maximum Gasteiger partial charge on any atom is 0.317 e. The van der Waals surface area contributed by atoms with E-state index < -0.39 is 9.84 Å². The predicted molar refractivity (Wildman–Crippen MR) is 104 cm³/mol. The molecule has 3 rings (SSSR count). The molecular formula is C20H30N2O3S. The number of carbonyl (C=O) groups excluding carboxylic acids is 1. The molecule has 1 N–H and O–H groups in total. The summed E-state index contributed by atoms with van der Waals surface area (Å²) in [5.41, 5.74) is 1.77. The number of urea groups is 1. The highest BCUT2D eigenvalue weighted by Crippen LogP contribution is 2.34. The number of carbonyl (C=O) groups is 1. The van der Waals surface area contributed by atoms with E-state index in [0.717, 1.165) is 30.5 Å². The van der Waals surface area contributed by atoms with Gasteiger partial charge in [-0.3, -0.25) is 0 Å². The average Bonchev–Trinajstić information content (AvgIpc) is 3.10. The lowest BCUT2D eigenvalue weighted by Gasteiger charge is -2.34. The van der Waals surface area contributed by atoms with Crippen molar-refractivity contribution in [1.82, 2.24) is 10.2 Å². The van der Waals surface area contributed by atoms with Crippen LogP contribution in [-0.2, 0) is 22.1 Å². The summed E-state index contributed by atoms with van der Waals surface area (Å²) in [7, 11) is -3.02. The molecular weight excluding hydrogens is 348 g/mol. The number of nitrogens with one attached hydrogen (secondary N) is 1. The molecule has 1 atom stereocenters. The van der Waals surface area contributed by atoms with Crippen LogP contribution in [0.4, 0.5) is 4.79 Å². The summed E-state index contributed by atoms with van der Waals surface area (Å²) in [6.07, 6.45) is 9.94. The van der Waals surface area contributed by atoms with E-state index in [2.05, 4.69) is 5.32 Å². The molecule has 1 saturated heterocycles. The lowest BCUT2D eigenvalue weighted by molar-refractivity contribution is 0.156. The van der Waals surface area contributed by atoms with Crippen molar-refractivity contribution in [3.05, 3.63) is 35.4 Å². The fraction of sp³-hybridized carbons (Fsp3) is 0.650. The van der Waals surface area contributed by atoms with Crippen LogP contribution >= 0.6 is 0 Å². The summed E-state index contributed by atoms with van der Waals surface area (Å²) in [5, 5.41) is 3.05. The molecule has 1 heterocycles. The standard InChI is InChI=1S/C20H30N2O3S/c1-26(24,25)15-17-11-9-16(10-12-17)14-21-20(23)22-13-5-8-19(22)18-6-3-2-4-7-18/h9-12,18-19H,2-8,13-15H2,1H3,(H,21,23). The number of hydrogen-bond donors (Lipinski definition) is 1. The third-order valence-electron chi connectivity index (χ3n) is 5.65. The van der Waals surface area contributed by atoms with Crippen molar-refractivity contribution in [2.45, 2.75) is 63.3 Å². The molecule has 5 nitrogen and oxygen atoms in total. The number of rotatable bonds is 5. The molecule has 0 spiro atoms. The van der Waals surface area contributed by atoms with Gasteiger partial charge in [-0.1, -0.05) is 43.5 Å². The Labute approximate surface area is 157 Å². The fourth-order valence-corrected chi connectivity index (χ4v) is 5.19. The van der Waals surface area contributed by atoms with Gasteiger partial charge >= 0.3 is 6.03 Å². The van der Waals surface area contributed by atoms with Crippen molar-refractivity contribution < 1.29 is 13.2 Å². The first kappa shape index (κ1) is 19.2. The van der Waals surface area contributed by atoms with E-state index in [1.165, 1.54) is 38.4 Å². The van der Waals surface area contributed by atoms with Gasteiger partial charge in [0, 0.05) is 25.4 Å². The number of nitrogens with zero attached hydrogens (tertiary/aromatic N) is 1. The Kier molecular flexibility index (Phi) is 6.22. The van der Waals surface area contributed by atoms with Crippen LogP contribution in [0.3, 0.4) is 0 Å². The van der Waals surface area contributed by atoms with Crippen molar-refractivity contribution >= 4 is 15.9 Å². The number of benzene rings is 1. The van der Waals surface area contributed by atoms with Gasteiger partial charge < -0.3 is 10.2 Å². The molecule has 144 valence electrons. The monoisotopic (exact) mass is 378 g/mol. The average molecular weight is 379 g/mol. The Morgan fingerprint density at radius 2 is 1.69 bits per heavy atom. The van der Waals surface area contributed by atoms with Crippen molar-refractivity contribution in [3.63, 3.8) is 0 Å². The highest BCUT2D eigenvalue weighted by atomic mass is 32.2. The van der Waals surface area contributed by atoms with Crippen LogP contribution in [0.2, 0.25) is 0 Å². The van der Waals surface area contributed by atoms with Gasteiger partial charge in [0.05, 0.1) is 5.75 Å². The van der Waals surface area contributed by atoms with E-state index in [4.69, 9.17) is 0 Å². The molecule has 1 aromatic carbocycles. The molecule has 2 fully saturated rings. The van der Waals surface area contributed by atoms with E-state index in [9.17, 15) is 13.2 Å². The zero-order valence-corrected chi connectivity index (χ0v) is 16.4. The van der Waals surface area contributed by atoms with Crippen molar-refractivity contribution in [2.75, 3.05) is 12.8 Å². The van der Waals surface area contributed by atoms with E-state index in [0.29, 0.717) is 18.5 Å². The summed E-state index contributed by atoms with van der Waals surface area (Å²) >= 11 is 0. The largest absolute Gasteiger partial charge is 0.334 e.